The van der Waals surface area contributed by atoms with Crippen molar-refractivity contribution in [2.24, 2.45) is 0 Å². The monoisotopic (exact) mass is 562 g/mol. The Balaban J connectivity index is 1.32. The molecule has 8 nitrogen and oxygen atoms in total. The smallest absolute Gasteiger partial charge is 0.258 e. The standard InChI is InChI=1S/C34H34N4O4/c1-3-37(29-17-7-5-8-18-29)33(41)25-13-11-15-27(23-25)35-31(39)21-22-32(40)36-28-16-12-14-26(24-28)34(42)38(4-2)30-19-9-6-10-20-30/h5-20,23-24H,3-4,21-22H2,1-2H3,(H,35,39)(H,36,40). The van der Waals surface area contributed by atoms with Gasteiger partial charge in [0.2, 0.25) is 11.8 Å². The summed E-state index contributed by atoms with van der Waals surface area (Å²) in [6.07, 6.45) is -0.100. The number of amides is 4. The molecule has 4 aromatic carbocycles. The third-order valence-electron chi connectivity index (χ3n) is 6.62. The zero-order valence-electron chi connectivity index (χ0n) is 23.7. The molecule has 2 N–H and O–H groups in total. The summed E-state index contributed by atoms with van der Waals surface area (Å²) >= 11 is 0. The molecule has 4 rings (SSSR count). The van der Waals surface area contributed by atoms with Gasteiger partial charge in [0.1, 0.15) is 0 Å². The fourth-order valence-electron chi connectivity index (χ4n) is 4.55. The van der Waals surface area contributed by atoms with Crippen LogP contribution in [-0.4, -0.2) is 36.7 Å². The second-order valence-corrected chi connectivity index (χ2v) is 9.53. The van der Waals surface area contributed by atoms with E-state index in [1.54, 1.807) is 58.3 Å². The molecule has 0 unspecified atom stereocenters. The topological polar surface area (TPSA) is 98.8 Å². The van der Waals surface area contributed by atoms with E-state index in [1.165, 1.54) is 0 Å². The van der Waals surface area contributed by atoms with E-state index < -0.39 is 0 Å². The van der Waals surface area contributed by atoms with Crippen LogP contribution in [0, 0.1) is 0 Å². The molecule has 0 heterocycles. The number of carbonyl (C=O) groups excluding carboxylic acids is 4. The molecule has 0 bridgehead atoms. The zero-order valence-corrected chi connectivity index (χ0v) is 23.7. The molecule has 0 saturated heterocycles. The van der Waals surface area contributed by atoms with Gasteiger partial charge < -0.3 is 20.4 Å². The van der Waals surface area contributed by atoms with Crippen LogP contribution in [-0.2, 0) is 9.59 Å². The highest BCUT2D eigenvalue weighted by Gasteiger charge is 2.18. The van der Waals surface area contributed by atoms with Crippen molar-refractivity contribution in [2.45, 2.75) is 26.7 Å². The minimum Gasteiger partial charge on any atom is -0.326 e. The molecule has 214 valence electrons. The Morgan fingerprint density at radius 1 is 0.524 bits per heavy atom. The molecular formula is C34H34N4O4. The number of benzene rings is 4. The third kappa shape index (κ3) is 7.69. The van der Waals surface area contributed by atoms with Gasteiger partial charge in [-0.2, -0.15) is 0 Å². The first-order chi connectivity index (χ1) is 20.4. The minimum atomic E-state index is -0.351. The van der Waals surface area contributed by atoms with Crippen LogP contribution < -0.4 is 20.4 Å². The van der Waals surface area contributed by atoms with Gasteiger partial charge in [-0.05, 0) is 74.5 Å². The molecule has 4 aromatic rings. The van der Waals surface area contributed by atoms with Crippen molar-refractivity contribution in [1.29, 1.82) is 0 Å². The van der Waals surface area contributed by atoms with Crippen LogP contribution in [0.2, 0.25) is 0 Å². The lowest BCUT2D eigenvalue weighted by atomic mass is 10.1. The summed E-state index contributed by atoms with van der Waals surface area (Å²) in [6, 6.07) is 32.3. The van der Waals surface area contributed by atoms with Gasteiger partial charge in [0, 0.05) is 59.8 Å². The van der Waals surface area contributed by atoms with Gasteiger partial charge in [-0.25, -0.2) is 0 Å². The fourth-order valence-corrected chi connectivity index (χ4v) is 4.55. The predicted molar refractivity (Wildman–Crippen MR) is 167 cm³/mol. The average Bonchev–Trinajstić information content (AvgIpc) is 3.02. The van der Waals surface area contributed by atoms with E-state index >= 15 is 0 Å². The highest BCUT2D eigenvalue weighted by Crippen LogP contribution is 2.21. The Kier molecular flexibility index (Phi) is 10.2. The highest BCUT2D eigenvalue weighted by molar-refractivity contribution is 6.08. The minimum absolute atomic E-state index is 0.0502. The van der Waals surface area contributed by atoms with Crippen molar-refractivity contribution in [3.8, 4) is 0 Å². The SMILES string of the molecule is CCN(C(=O)c1cccc(NC(=O)CCC(=O)Nc2cccc(C(=O)N(CC)c3ccccc3)c2)c1)c1ccccc1. The lowest BCUT2D eigenvalue weighted by Crippen LogP contribution is -2.30. The molecule has 4 amide bonds. The molecule has 0 fully saturated rings. The van der Waals surface area contributed by atoms with E-state index in [0.29, 0.717) is 35.6 Å². The Morgan fingerprint density at radius 3 is 1.26 bits per heavy atom. The Hall–Kier alpha value is -5.24. The van der Waals surface area contributed by atoms with Gasteiger partial charge in [-0.3, -0.25) is 19.2 Å². The Labute approximate surface area is 246 Å². The molecule has 0 saturated carbocycles. The number of hydrogen-bond donors (Lipinski definition) is 2. The summed E-state index contributed by atoms with van der Waals surface area (Å²) < 4.78 is 0. The summed E-state index contributed by atoms with van der Waals surface area (Å²) in [6.45, 7) is 4.80. The van der Waals surface area contributed by atoms with Crippen molar-refractivity contribution in [2.75, 3.05) is 33.5 Å². The maximum Gasteiger partial charge on any atom is 0.258 e. The number of rotatable bonds is 11. The molecule has 0 aromatic heterocycles. The van der Waals surface area contributed by atoms with E-state index in [9.17, 15) is 19.2 Å². The van der Waals surface area contributed by atoms with Gasteiger partial charge in [0.25, 0.3) is 11.8 Å². The lowest BCUT2D eigenvalue weighted by molar-refractivity contribution is -0.121. The third-order valence-corrected chi connectivity index (χ3v) is 6.62. The second-order valence-electron chi connectivity index (χ2n) is 9.53. The Morgan fingerprint density at radius 2 is 0.905 bits per heavy atom. The molecule has 8 heteroatoms. The molecule has 0 atom stereocenters. The number of anilines is 4. The van der Waals surface area contributed by atoms with Gasteiger partial charge in [-0.15, -0.1) is 0 Å². The average molecular weight is 563 g/mol. The van der Waals surface area contributed by atoms with Crippen LogP contribution in [0.4, 0.5) is 22.7 Å². The van der Waals surface area contributed by atoms with E-state index in [0.717, 1.165) is 11.4 Å². The van der Waals surface area contributed by atoms with Crippen molar-refractivity contribution in [1.82, 2.24) is 0 Å². The van der Waals surface area contributed by atoms with E-state index in [4.69, 9.17) is 0 Å². The van der Waals surface area contributed by atoms with Crippen LogP contribution >= 0.6 is 0 Å². The second kappa shape index (κ2) is 14.4. The molecular weight excluding hydrogens is 528 g/mol. The summed E-state index contributed by atoms with van der Waals surface area (Å²) in [5.41, 5.74) is 3.42. The first-order valence-electron chi connectivity index (χ1n) is 13.9. The lowest BCUT2D eigenvalue weighted by Gasteiger charge is -2.21. The van der Waals surface area contributed by atoms with E-state index in [1.807, 2.05) is 74.5 Å². The van der Waals surface area contributed by atoms with Gasteiger partial charge in [-0.1, -0.05) is 48.5 Å². The van der Waals surface area contributed by atoms with Crippen LogP contribution in [0.3, 0.4) is 0 Å². The first kappa shape index (κ1) is 29.7. The number of carbonyl (C=O) groups is 4. The van der Waals surface area contributed by atoms with Crippen molar-refractivity contribution < 1.29 is 19.2 Å². The van der Waals surface area contributed by atoms with Crippen molar-refractivity contribution >= 4 is 46.4 Å². The molecule has 0 aliphatic carbocycles. The first-order valence-corrected chi connectivity index (χ1v) is 13.9. The Bertz CT molecular complexity index is 1420. The maximum atomic E-state index is 13.1. The summed E-state index contributed by atoms with van der Waals surface area (Å²) in [4.78, 5) is 54.8. The molecule has 0 aliphatic rings. The van der Waals surface area contributed by atoms with Gasteiger partial charge in [0.05, 0.1) is 0 Å². The van der Waals surface area contributed by atoms with Crippen LogP contribution in [0.5, 0.6) is 0 Å². The van der Waals surface area contributed by atoms with Gasteiger partial charge in [0.15, 0.2) is 0 Å². The normalized spacial score (nSPS) is 10.4. The molecule has 0 radical (unpaired) electrons. The van der Waals surface area contributed by atoms with E-state index in [2.05, 4.69) is 10.6 Å². The molecule has 0 aliphatic heterocycles. The number of nitrogens with zero attached hydrogens (tertiary/aromatic N) is 2. The fraction of sp³-hybridized carbons (Fsp3) is 0.176. The molecule has 42 heavy (non-hydrogen) atoms. The highest BCUT2D eigenvalue weighted by atomic mass is 16.2. The van der Waals surface area contributed by atoms with Crippen LogP contribution in [0.25, 0.3) is 0 Å². The summed E-state index contributed by atoms with van der Waals surface area (Å²) in [5.74, 6) is -1.05. The number of para-hydroxylation sites is 2. The quantitative estimate of drug-likeness (QED) is 0.222. The number of nitrogens with one attached hydrogen (secondary N) is 2. The van der Waals surface area contributed by atoms with Crippen molar-refractivity contribution in [3.05, 3.63) is 120 Å². The maximum absolute atomic E-state index is 13.1. The largest absolute Gasteiger partial charge is 0.326 e. The summed E-state index contributed by atoms with van der Waals surface area (Å²) in [5, 5.41) is 5.54. The number of hydrogen-bond acceptors (Lipinski definition) is 4. The predicted octanol–water partition coefficient (Wildman–Crippen LogP) is 6.38. The molecule has 0 spiro atoms. The van der Waals surface area contributed by atoms with Gasteiger partial charge >= 0.3 is 0 Å². The van der Waals surface area contributed by atoms with Crippen molar-refractivity contribution in [3.63, 3.8) is 0 Å². The van der Waals surface area contributed by atoms with Crippen LogP contribution in [0.1, 0.15) is 47.4 Å². The zero-order chi connectivity index (χ0) is 29.9. The van der Waals surface area contributed by atoms with E-state index in [-0.39, 0.29) is 36.5 Å². The summed E-state index contributed by atoms with van der Waals surface area (Å²) in [7, 11) is 0. The van der Waals surface area contributed by atoms with Crippen LogP contribution in [0.15, 0.2) is 109 Å².